The molecule has 0 heterocycles. The van der Waals surface area contributed by atoms with Gasteiger partial charge in [-0.25, -0.2) is 0 Å². The second kappa shape index (κ2) is 16.7. The fraction of sp³-hybridized carbons (Fsp3) is 0.719. The molecular weight excluding hydrogens is 570 g/mol. The van der Waals surface area contributed by atoms with Crippen LogP contribution in [0.1, 0.15) is 66.6 Å². The number of nitrogens with zero attached hydrogens (tertiary/aromatic N) is 1. The Hall–Kier alpha value is -2.31. The fourth-order valence-corrected chi connectivity index (χ4v) is 6.69. The molecule has 0 saturated carbocycles. The van der Waals surface area contributed by atoms with E-state index in [9.17, 15) is 14.9 Å². The molecule has 11 heteroatoms. The molecule has 1 rings (SSSR count). The highest BCUT2D eigenvalue weighted by Crippen LogP contribution is 2.43. The van der Waals surface area contributed by atoms with E-state index in [0.29, 0.717) is 17.7 Å². The van der Waals surface area contributed by atoms with Crippen molar-refractivity contribution in [2.45, 2.75) is 97.4 Å². The molecule has 10 nitrogen and oxygen atoms in total. The molecule has 0 amide bonds. The maximum absolute atomic E-state index is 11.9. The zero-order valence-corrected chi connectivity index (χ0v) is 29.7. The lowest BCUT2D eigenvalue weighted by Gasteiger charge is -2.41. The van der Waals surface area contributed by atoms with Gasteiger partial charge < -0.3 is 32.9 Å². The normalized spacial score (nSPS) is 17.8. The third-order valence-electron chi connectivity index (χ3n) is 8.74. The van der Waals surface area contributed by atoms with E-state index in [2.05, 4.69) is 46.9 Å². The summed E-state index contributed by atoms with van der Waals surface area (Å²) in [5.41, 5.74) is 1.30. The summed E-state index contributed by atoms with van der Waals surface area (Å²) in [5.74, 6) is -0.0785. The topological polar surface area (TPSA) is 116 Å². The average Bonchev–Trinajstić information content (AvgIpc) is 2.94. The number of hydrogen-bond donors (Lipinski definition) is 0. The van der Waals surface area contributed by atoms with Gasteiger partial charge in [-0.05, 0) is 49.0 Å². The van der Waals surface area contributed by atoms with Gasteiger partial charge in [-0.1, -0.05) is 47.6 Å². The standard InChI is InChI=1S/C32H55NO9Si/c1-20(28(23(4)19-34)42-43(13,14)32(5,6)7)15-21(2)30(40-11)27(38-9)16-22(3)29(39-10)25-17-24(37-8)18-26(33(35)36)31(25)41-12/h15,17-19,21-23,27-30H,16H2,1-14H3/b20-15+/t21-,22-,23-,27-,28-,29+,30+/m0/s1. The molecular formula is C32H55NO9Si. The smallest absolute Gasteiger partial charge is 0.315 e. The van der Waals surface area contributed by atoms with E-state index >= 15 is 0 Å². The van der Waals surface area contributed by atoms with Crippen molar-refractivity contribution >= 4 is 20.3 Å². The van der Waals surface area contributed by atoms with Crippen LogP contribution in [0.25, 0.3) is 0 Å². The summed E-state index contributed by atoms with van der Waals surface area (Å²) in [6.45, 7) is 18.9. The molecule has 0 unspecified atom stereocenters. The van der Waals surface area contributed by atoms with E-state index in [1.807, 2.05) is 20.8 Å². The number of nitro groups is 1. The van der Waals surface area contributed by atoms with Gasteiger partial charge >= 0.3 is 5.69 Å². The Morgan fingerprint density at radius 3 is 2.00 bits per heavy atom. The predicted octanol–water partition coefficient (Wildman–Crippen LogP) is 7.16. The molecule has 0 spiro atoms. The summed E-state index contributed by atoms with van der Waals surface area (Å²) in [6.07, 6.45) is 2.02. The predicted molar refractivity (Wildman–Crippen MR) is 172 cm³/mol. The lowest BCUT2D eigenvalue weighted by atomic mass is 9.86. The monoisotopic (exact) mass is 625 g/mol. The summed E-state index contributed by atoms with van der Waals surface area (Å²) in [6, 6.07) is 3.04. The highest BCUT2D eigenvalue weighted by Gasteiger charge is 2.41. The van der Waals surface area contributed by atoms with Gasteiger partial charge in [0, 0.05) is 38.7 Å². The number of ether oxygens (including phenoxy) is 5. The minimum absolute atomic E-state index is 0.00410. The highest BCUT2D eigenvalue weighted by molar-refractivity contribution is 6.74. The fourth-order valence-electron chi connectivity index (χ4n) is 5.31. The van der Waals surface area contributed by atoms with Crippen LogP contribution in [0.15, 0.2) is 23.8 Å². The van der Waals surface area contributed by atoms with Crippen LogP contribution < -0.4 is 9.47 Å². The van der Waals surface area contributed by atoms with Crippen LogP contribution in [0.5, 0.6) is 11.5 Å². The summed E-state index contributed by atoms with van der Waals surface area (Å²) < 4.78 is 35.4. The maximum atomic E-state index is 11.9. The molecule has 0 N–H and O–H groups in total. The quantitative estimate of drug-likeness (QED) is 0.0551. The number of aldehydes is 1. The Morgan fingerprint density at radius 2 is 1.58 bits per heavy atom. The molecule has 43 heavy (non-hydrogen) atoms. The second-order valence-electron chi connectivity index (χ2n) is 12.9. The molecule has 0 fully saturated rings. The van der Waals surface area contributed by atoms with Crippen LogP contribution in [0.3, 0.4) is 0 Å². The maximum Gasteiger partial charge on any atom is 0.315 e. The van der Waals surface area contributed by atoms with Crippen molar-refractivity contribution in [3.63, 3.8) is 0 Å². The average molecular weight is 626 g/mol. The molecule has 0 bridgehead atoms. The summed E-state index contributed by atoms with van der Waals surface area (Å²) in [4.78, 5) is 23.2. The molecule has 246 valence electrons. The zero-order chi connectivity index (χ0) is 33.3. The molecule has 0 aliphatic heterocycles. The van der Waals surface area contributed by atoms with Crippen molar-refractivity contribution in [2.75, 3.05) is 35.5 Å². The minimum Gasteiger partial charge on any atom is -0.496 e. The number of carbonyl (C=O) groups is 1. The van der Waals surface area contributed by atoms with E-state index in [1.54, 1.807) is 27.4 Å². The Balaban J connectivity index is 3.39. The Bertz CT molecular complexity index is 1090. The van der Waals surface area contributed by atoms with E-state index in [-0.39, 0.29) is 52.5 Å². The van der Waals surface area contributed by atoms with Gasteiger partial charge in [-0.3, -0.25) is 10.1 Å². The van der Waals surface area contributed by atoms with E-state index in [0.717, 1.165) is 11.9 Å². The van der Waals surface area contributed by atoms with E-state index < -0.39 is 19.3 Å². The molecule has 7 atom stereocenters. The van der Waals surface area contributed by atoms with Crippen LogP contribution in [0.2, 0.25) is 18.1 Å². The van der Waals surface area contributed by atoms with Gasteiger partial charge in [0.05, 0.1) is 49.6 Å². The first-order chi connectivity index (χ1) is 19.9. The van der Waals surface area contributed by atoms with Crippen molar-refractivity contribution in [3.8, 4) is 11.5 Å². The Labute approximate surface area is 259 Å². The number of nitro benzene ring substituents is 1. The van der Waals surface area contributed by atoms with E-state index in [1.165, 1.54) is 20.3 Å². The van der Waals surface area contributed by atoms with E-state index in [4.69, 9.17) is 28.1 Å². The van der Waals surface area contributed by atoms with Crippen molar-refractivity contribution in [1.29, 1.82) is 0 Å². The number of hydrogen-bond acceptors (Lipinski definition) is 9. The van der Waals surface area contributed by atoms with Crippen molar-refractivity contribution in [2.24, 2.45) is 17.8 Å². The van der Waals surface area contributed by atoms with Crippen LogP contribution >= 0.6 is 0 Å². The third kappa shape index (κ3) is 9.84. The van der Waals surface area contributed by atoms with Crippen LogP contribution in [-0.2, 0) is 23.4 Å². The van der Waals surface area contributed by atoms with Gasteiger partial charge in [0.25, 0.3) is 0 Å². The Morgan fingerprint density at radius 1 is 0.977 bits per heavy atom. The minimum atomic E-state index is -2.15. The first-order valence-corrected chi connectivity index (χ1v) is 17.6. The molecule has 0 aliphatic rings. The van der Waals surface area contributed by atoms with Crippen LogP contribution in [-0.4, -0.2) is 73.4 Å². The van der Waals surface area contributed by atoms with Crippen molar-refractivity contribution in [1.82, 2.24) is 0 Å². The zero-order valence-electron chi connectivity index (χ0n) is 28.7. The van der Waals surface area contributed by atoms with Crippen LogP contribution in [0, 0.1) is 27.9 Å². The lowest BCUT2D eigenvalue weighted by molar-refractivity contribution is -0.385. The number of methoxy groups -OCH3 is 5. The van der Waals surface area contributed by atoms with Gasteiger partial charge in [0.2, 0.25) is 5.75 Å². The molecule has 0 aliphatic carbocycles. The second-order valence-corrected chi connectivity index (χ2v) is 17.7. The number of carbonyl (C=O) groups excluding carboxylic acids is 1. The van der Waals surface area contributed by atoms with Gasteiger partial charge in [-0.15, -0.1) is 0 Å². The molecule has 1 aromatic carbocycles. The SMILES string of the molecule is COc1cc([C@H](OC)[C@@H](C)C[C@H](OC)[C@H](OC)[C@@H](C)/C=C(\C)[C@H](O[Si](C)(C)C(C)(C)C)[C@@H](C)C=O)c(OC)c([N+](=O)[O-])c1. The molecule has 0 radical (unpaired) electrons. The van der Waals surface area contributed by atoms with Crippen molar-refractivity contribution in [3.05, 3.63) is 39.5 Å². The third-order valence-corrected chi connectivity index (χ3v) is 13.2. The number of rotatable bonds is 18. The molecule has 0 saturated heterocycles. The summed E-state index contributed by atoms with van der Waals surface area (Å²) >= 11 is 0. The Kier molecular flexibility index (Phi) is 15.0. The highest BCUT2D eigenvalue weighted by atomic mass is 28.4. The molecule has 1 aromatic rings. The van der Waals surface area contributed by atoms with Crippen molar-refractivity contribution < 1.29 is 37.8 Å². The van der Waals surface area contributed by atoms with Gasteiger partial charge in [-0.2, -0.15) is 0 Å². The lowest BCUT2D eigenvalue weighted by Crippen LogP contribution is -2.46. The van der Waals surface area contributed by atoms with Gasteiger partial charge in [0.1, 0.15) is 12.0 Å². The molecule has 0 aromatic heterocycles. The summed E-state index contributed by atoms with van der Waals surface area (Å²) in [5, 5.41) is 11.8. The van der Waals surface area contributed by atoms with Gasteiger partial charge in [0.15, 0.2) is 8.32 Å². The first kappa shape index (κ1) is 38.7. The first-order valence-electron chi connectivity index (χ1n) is 14.7. The van der Waals surface area contributed by atoms with Crippen LogP contribution in [0.4, 0.5) is 5.69 Å². The number of benzene rings is 1. The summed E-state index contributed by atoms with van der Waals surface area (Å²) in [7, 11) is 5.56. The largest absolute Gasteiger partial charge is 0.496 e.